The summed E-state index contributed by atoms with van der Waals surface area (Å²) in [5.41, 5.74) is 0.971. The van der Waals surface area contributed by atoms with Gasteiger partial charge in [0.05, 0.1) is 11.0 Å². The van der Waals surface area contributed by atoms with E-state index in [-0.39, 0.29) is 11.7 Å². The fraction of sp³-hybridized carbons (Fsp3) is 0.364. The standard InChI is InChI=1S/C11H13N5O2S/c1-8(2)15-11(12-13-14-15)19-7-9-4-3-5-10(6-9)16(17)18/h3-6,8H,7H2,1-2H3. The number of aromatic nitrogens is 4. The number of tetrazole rings is 1. The number of hydrogen-bond donors (Lipinski definition) is 0. The molecule has 1 aromatic heterocycles. The quantitative estimate of drug-likeness (QED) is 0.474. The maximum atomic E-state index is 10.7. The van der Waals surface area contributed by atoms with Crippen molar-refractivity contribution < 1.29 is 4.92 Å². The van der Waals surface area contributed by atoms with Gasteiger partial charge in [0.2, 0.25) is 5.16 Å². The van der Waals surface area contributed by atoms with Crippen molar-refractivity contribution >= 4 is 17.4 Å². The predicted octanol–water partition coefficient (Wildman–Crippen LogP) is 2.45. The highest BCUT2D eigenvalue weighted by Gasteiger charge is 2.11. The molecule has 0 N–H and O–H groups in total. The van der Waals surface area contributed by atoms with Crippen LogP contribution < -0.4 is 0 Å². The van der Waals surface area contributed by atoms with Gasteiger partial charge < -0.3 is 0 Å². The molecule has 0 aliphatic heterocycles. The first-order valence-corrected chi connectivity index (χ1v) is 6.70. The van der Waals surface area contributed by atoms with Gasteiger partial charge in [-0.15, -0.1) is 5.10 Å². The molecule has 7 nitrogen and oxygen atoms in total. The fourth-order valence-corrected chi connectivity index (χ4v) is 2.46. The van der Waals surface area contributed by atoms with Gasteiger partial charge >= 0.3 is 0 Å². The lowest BCUT2D eigenvalue weighted by atomic mass is 10.2. The van der Waals surface area contributed by atoms with Gasteiger partial charge in [-0.2, -0.15) is 0 Å². The third kappa shape index (κ3) is 3.28. The minimum atomic E-state index is -0.396. The van der Waals surface area contributed by atoms with E-state index < -0.39 is 4.92 Å². The third-order valence-electron chi connectivity index (χ3n) is 2.44. The molecule has 0 bridgehead atoms. The number of non-ortho nitro benzene ring substituents is 1. The highest BCUT2D eigenvalue weighted by molar-refractivity contribution is 7.98. The molecule has 2 aromatic rings. The number of nitro groups is 1. The lowest BCUT2D eigenvalue weighted by Crippen LogP contribution is -2.04. The molecule has 0 radical (unpaired) electrons. The average molecular weight is 279 g/mol. The summed E-state index contributed by atoms with van der Waals surface area (Å²) in [7, 11) is 0. The van der Waals surface area contributed by atoms with E-state index in [4.69, 9.17) is 0 Å². The van der Waals surface area contributed by atoms with Crippen LogP contribution in [0.25, 0.3) is 0 Å². The molecule has 1 aromatic carbocycles. The van der Waals surface area contributed by atoms with Crippen LogP contribution in [-0.2, 0) is 5.75 Å². The zero-order chi connectivity index (χ0) is 13.8. The molecule has 1 heterocycles. The smallest absolute Gasteiger partial charge is 0.258 e. The van der Waals surface area contributed by atoms with Gasteiger partial charge in [-0.05, 0) is 29.8 Å². The van der Waals surface area contributed by atoms with Crippen LogP contribution in [0.5, 0.6) is 0 Å². The number of hydrogen-bond acceptors (Lipinski definition) is 6. The van der Waals surface area contributed by atoms with Gasteiger partial charge in [0.15, 0.2) is 0 Å². The number of thioether (sulfide) groups is 1. The number of rotatable bonds is 5. The molecule has 0 saturated carbocycles. The molecule has 2 rings (SSSR count). The normalized spacial score (nSPS) is 10.9. The first-order chi connectivity index (χ1) is 9.08. The minimum absolute atomic E-state index is 0.0987. The lowest BCUT2D eigenvalue weighted by Gasteiger charge is -2.06. The summed E-state index contributed by atoms with van der Waals surface area (Å²) in [4.78, 5) is 10.3. The van der Waals surface area contributed by atoms with E-state index in [9.17, 15) is 10.1 Å². The summed E-state index contributed by atoms with van der Waals surface area (Å²) in [6.45, 7) is 3.99. The summed E-state index contributed by atoms with van der Waals surface area (Å²) in [5.74, 6) is 0.592. The van der Waals surface area contributed by atoms with Gasteiger partial charge in [0, 0.05) is 17.9 Å². The highest BCUT2D eigenvalue weighted by Crippen LogP contribution is 2.23. The SMILES string of the molecule is CC(C)n1nnnc1SCc1cccc([N+](=O)[O-])c1. The van der Waals surface area contributed by atoms with Gasteiger partial charge in [0.25, 0.3) is 5.69 Å². The van der Waals surface area contributed by atoms with Crippen molar-refractivity contribution in [3.05, 3.63) is 39.9 Å². The Morgan fingerprint density at radius 2 is 2.26 bits per heavy atom. The number of benzene rings is 1. The summed E-state index contributed by atoms with van der Waals surface area (Å²) in [6.07, 6.45) is 0. The van der Waals surface area contributed by atoms with E-state index in [0.29, 0.717) is 10.9 Å². The van der Waals surface area contributed by atoms with Crippen molar-refractivity contribution in [2.45, 2.75) is 30.8 Å². The van der Waals surface area contributed by atoms with E-state index in [1.807, 2.05) is 19.9 Å². The summed E-state index contributed by atoms with van der Waals surface area (Å²) in [5, 5.41) is 22.9. The molecule has 8 heteroatoms. The lowest BCUT2D eigenvalue weighted by molar-refractivity contribution is -0.384. The Labute approximate surface area is 114 Å². The van der Waals surface area contributed by atoms with Crippen molar-refractivity contribution in [3.8, 4) is 0 Å². The van der Waals surface area contributed by atoms with Crippen LogP contribution in [0.3, 0.4) is 0 Å². The molecule has 0 amide bonds. The first-order valence-electron chi connectivity index (χ1n) is 5.72. The average Bonchev–Trinajstić information content (AvgIpc) is 2.85. The molecule has 0 atom stereocenters. The molecule has 100 valence electrons. The van der Waals surface area contributed by atoms with Crippen LogP contribution in [0, 0.1) is 10.1 Å². The summed E-state index contributed by atoms with van der Waals surface area (Å²) in [6, 6.07) is 6.76. The summed E-state index contributed by atoms with van der Waals surface area (Å²) >= 11 is 1.46. The molecule has 0 aliphatic rings. The Balaban J connectivity index is 2.08. The second kappa shape index (κ2) is 5.79. The van der Waals surface area contributed by atoms with E-state index in [1.54, 1.807) is 16.8 Å². The molecule has 19 heavy (non-hydrogen) atoms. The topological polar surface area (TPSA) is 86.7 Å². The van der Waals surface area contributed by atoms with Crippen molar-refractivity contribution in [3.63, 3.8) is 0 Å². The van der Waals surface area contributed by atoms with Gasteiger partial charge in [0.1, 0.15) is 0 Å². The highest BCUT2D eigenvalue weighted by atomic mass is 32.2. The zero-order valence-electron chi connectivity index (χ0n) is 10.6. The first kappa shape index (κ1) is 13.5. The van der Waals surface area contributed by atoms with Gasteiger partial charge in [-0.25, -0.2) is 4.68 Å². The molecule has 0 saturated heterocycles. The third-order valence-corrected chi connectivity index (χ3v) is 3.45. The molecule has 0 unspecified atom stereocenters. The van der Waals surface area contributed by atoms with Crippen molar-refractivity contribution in [1.29, 1.82) is 0 Å². The maximum absolute atomic E-state index is 10.7. The van der Waals surface area contributed by atoms with Crippen molar-refractivity contribution in [1.82, 2.24) is 20.2 Å². The Bertz CT molecular complexity index is 584. The largest absolute Gasteiger partial charge is 0.269 e. The fourth-order valence-electron chi connectivity index (χ4n) is 1.51. The minimum Gasteiger partial charge on any atom is -0.258 e. The van der Waals surface area contributed by atoms with Crippen molar-refractivity contribution in [2.24, 2.45) is 0 Å². The Morgan fingerprint density at radius 3 is 2.95 bits per heavy atom. The Kier molecular flexibility index (Phi) is 4.10. The van der Waals surface area contributed by atoms with Gasteiger partial charge in [-0.3, -0.25) is 10.1 Å². The van der Waals surface area contributed by atoms with Crippen LogP contribution in [0.2, 0.25) is 0 Å². The van der Waals surface area contributed by atoms with E-state index in [0.717, 1.165) is 5.56 Å². The van der Waals surface area contributed by atoms with E-state index in [2.05, 4.69) is 15.5 Å². The monoisotopic (exact) mass is 279 g/mol. The van der Waals surface area contributed by atoms with Crippen LogP contribution in [0.4, 0.5) is 5.69 Å². The van der Waals surface area contributed by atoms with Crippen LogP contribution in [0.1, 0.15) is 25.5 Å². The Hall–Kier alpha value is -1.96. The second-order valence-corrected chi connectivity index (χ2v) is 5.16. The van der Waals surface area contributed by atoms with Crippen LogP contribution in [0.15, 0.2) is 29.4 Å². The van der Waals surface area contributed by atoms with E-state index >= 15 is 0 Å². The van der Waals surface area contributed by atoms with Crippen LogP contribution in [-0.4, -0.2) is 25.1 Å². The second-order valence-electron chi connectivity index (χ2n) is 4.22. The Morgan fingerprint density at radius 1 is 1.47 bits per heavy atom. The molecule has 0 fully saturated rings. The molecular weight excluding hydrogens is 266 g/mol. The van der Waals surface area contributed by atoms with E-state index in [1.165, 1.54) is 17.8 Å². The zero-order valence-corrected chi connectivity index (χ0v) is 11.4. The molecule has 0 aliphatic carbocycles. The number of nitrogens with zero attached hydrogens (tertiary/aromatic N) is 5. The summed E-state index contributed by atoms with van der Waals surface area (Å²) < 4.78 is 1.72. The predicted molar refractivity (Wildman–Crippen MR) is 70.9 cm³/mol. The van der Waals surface area contributed by atoms with Gasteiger partial charge in [-0.1, -0.05) is 23.9 Å². The number of nitro benzene ring substituents is 1. The molecular formula is C11H13N5O2S. The van der Waals surface area contributed by atoms with Crippen molar-refractivity contribution in [2.75, 3.05) is 0 Å². The van der Waals surface area contributed by atoms with Crippen LogP contribution >= 0.6 is 11.8 Å². The molecule has 0 spiro atoms. The maximum Gasteiger partial charge on any atom is 0.269 e.